The van der Waals surface area contributed by atoms with Crippen LogP contribution >= 0.6 is 0 Å². The Bertz CT molecular complexity index is 939. The van der Waals surface area contributed by atoms with Gasteiger partial charge in [-0.15, -0.1) is 0 Å². The van der Waals surface area contributed by atoms with E-state index < -0.39 is 0 Å². The standard InChI is InChI=1S/C26H37N5O3/c1-20(32)30-10-12-31(13-11-30)26(33)15-22-8-9-27-17-23(22)14-24-16-25(34-28-24)19-29(2)18-21-6-4-3-5-7-21/h3-7,16,22-23,27H,8-15,17-19H2,1-2H3/t22-,23+/m1/s1. The van der Waals surface area contributed by atoms with Crippen LogP contribution in [0.1, 0.15) is 36.8 Å². The second-order valence-electron chi connectivity index (χ2n) is 9.75. The van der Waals surface area contributed by atoms with Crippen molar-refractivity contribution in [3.05, 3.63) is 53.4 Å². The van der Waals surface area contributed by atoms with Crippen LogP contribution in [0.2, 0.25) is 0 Å². The molecule has 1 N–H and O–H groups in total. The Morgan fingerprint density at radius 1 is 1.09 bits per heavy atom. The quantitative estimate of drug-likeness (QED) is 0.641. The van der Waals surface area contributed by atoms with Gasteiger partial charge in [-0.1, -0.05) is 35.5 Å². The number of hydrogen-bond donors (Lipinski definition) is 1. The molecule has 34 heavy (non-hydrogen) atoms. The second kappa shape index (κ2) is 11.6. The molecule has 8 heteroatoms. The number of hydrogen-bond acceptors (Lipinski definition) is 6. The lowest BCUT2D eigenvalue weighted by molar-refractivity contribution is -0.139. The van der Waals surface area contributed by atoms with Gasteiger partial charge in [-0.05, 0) is 50.4 Å². The highest BCUT2D eigenvalue weighted by atomic mass is 16.5. The van der Waals surface area contributed by atoms with Gasteiger partial charge in [-0.2, -0.15) is 0 Å². The molecular weight excluding hydrogens is 430 g/mol. The molecule has 3 heterocycles. The van der Waals surface area contributed by atoms with Gasteiger partial charge in [-0.3, -0.25) is 14.5 Å². The molecule has 2 amide bonds. The van der Waals surface area contributed by atoms with Gasteiger partial charge in [0.15, 0.2) is 5.76 Å². The van der Waals surface area contributed by atoms with Crippen LogP contribution in [0.3, 0.4) is 0 Å². The van der Waals surface area contributed by atoms with Crippen molar-refractivity contribution in [2.45, 2.75) is 39.3 Å². The number of aromatic nitrogens is 1. The van der Waals surface area contributed by atoms with Crippen LogP contribution in [-0.2, 0) is 29.1 Å². The summed E-state index contributed by atoms with van der Waals surface area (Å²) < 4.78 is 5.64. The lowest BCUT2D eigenvalue weighted by Crippen LogP contribution is -2.51. The van der Waals surface area contributed by atoms with Crippen molar-refractivity contribution in [1.29, 1.82) is 0 Å². The molecule has 0 bridgehead atoms. The maximum atomic E-state index is 13.0. The average molecular weight is 468 g/mol. The fourth-order valence-corrected chi connectivity index (χ4v) is 5.12. The van der Waals surface area contributed by atoms with Crippen LogP contribution in [-0.4, -0.2) is 78.0 Å². The third-order valence-corrected chi connectivity index (χ3v) is 7.08. The highest BCUT2D eigenvalue weighted by Crippen LogP contribution is 2.27. The third kappa shape index (κ3) is 6.67. The zero-order chi connectivity index (χ0) is 23.9. The lowest BCUT2D eigenvalue weighted by atomic mass is 9.81. The Hall–Kier alpha value is -2.71. The maximum Gasteiger partial charge on any atom is 0.222 e. The molecule has 4 rings (SSSR count). The van der Waals surface area contributed by atoms with Gasteiger partial charge in [0.05, 0.1) is 12.2 Å². The molecule has 0 aliphatic carbocycles. The van der Waals surface area contributed by atoms with E-state index in [4.69, 9.17) is 4.52 Å². The van der Waals surface area contributed by atoms with E-state index in [1.807, 2.05) is 15.9 Å². The van der Waals surface area contributed by atoms with Crippen molar-refractivity contribution >= 4 is 11.8 Å². The molecule has 0 spiro atoms. The Kier molecular flexibility index (Phi) is 8.34. The molecule has 1 aromatic carbocycles. The molecule has 2 fully saturated rings. The van der Waals surface area contributed by atoms with E-state index in [0.717, 1.165) is 43.9 Å². The molecule has 2 atom stereocenters. The summed E-state index contributed by atoms with van der Waals surface area (Å²) >= 11 is 0. The predicted molar refractivity (Wildman–Crippen MR) is 130 cm³/mol. The summed E-state index contributed by atoms with van der Waals surface area (Å²) in [6.07, 6.45) is 2.38. The number of benzene rings is 1. The molecule has 2 aromatic rings. The molecule has 2 saturated heterocycles. The number of piperazine rings is 1. The predicted octanol–water partition coefficient (Wildman–Crippen LogP) is 2.16. The number of carbonyl (C=O) groups excluding carboxylic acids is 2. The zero-order valence-corrected chi connectivity index (χ0v) is 20.4. The normalized spacial score (nSPS) is 21.1. The first-order valence-electron chi connectivity index (χ1n) is 12.4. The van der Waals surface area contributed by atoms with Gasteiger partial charge in [0.1, 0.15) is 0 Å². The molecule has 0 radical (unpaired) electrons. The number of carbonyl (C=O) groups is 2. The molecule has 184 valence electrons. The fraction of sp³-hybridized carbons (Fsp3) is 0.577. The van der Waals surface area contributed by atoms with E-state index >= 15 is 0 Å². The van der Waals surface area contributed by atoms with Crippen molar-refractivity contribution in [1.82, 2.24) is 25.2 Å². The summed E-state index contributed by atoms with van der Waals surface area (Å²) in [5.41, 5.74) is 2.23. The Balaban J connectivity index is 1.28. The largest absolute Gasteiger partial charge is 0.360 e. The van der Waals surface area contributed by atoms with Crippen molar-refractivity contribution < 1.29 is 14.1 Å². The zero-order valence-electron chi connectivity index (χ0n) is 20.4. The minimum Gasteiger partial charge on any atom is -0.360 e. The smallest absolute Gasteiger partial charge is 0.222 e. The lowest BCUT2D eigenvalue weighted by Gasteiger charge is -2.37. The molecule has 0 saturated carbocycles. The maximum absolute atomic E-state index is 13.0. The van der Waals surface area contributed by atoms with E-state index in [1.54, 1.807) is 6.92 Å². The van der Waals surface area contributed by atoms with Crippen LogP contribution in [0, 0.1) is 11.8 Å². The van der Waals surface area contributed by atoms with Crippen LogP contribution in [0.15, 0.2) is 40.9 Å². The molecule has 2 aliphatic heterocycles. The number of rotatable bonds is 8. The summed E-state index contributed by atoms with van der Waals surface area (Å²) in [7, 11) is 2.08. The number of nitrogens with zero attached hydrogens (tertiary/aromatic N) is 4. The van der Waals surface area contributed by atoms with Crippen LogP contribution in [0.5, 0.6) is 0 Å². The van der Waals surface area contributed by atoms with Gasteiger partial charge in [0.2, 0.25) is 11.8 Å². The van der Waals surface area contributed by atoms with Gasteiger partial charge in [0, 0.05) is 52.1 Å². The first-order valence-corrected chi connectivity index (χ1v) is 12.4. The van der Waals surface area contributed by atoms with E-state index in [0.29, 0.717) is 51.0 Å². The molecule has 0 unspecified atom stereocenters. The highest BCUT2D eigenvalue weighted by molar-refractivity contribution is 5.77. The van der Waals surface area contributed by atoms with Crippen LogP contribution in [0.4, 0.5) is 0 Å². The third-order valence-electron chi connectivity index (χ3n) is 7.08. The Morgan fingerprint density at radius 3 is 2.56 bits per heavy atom. The summed E-state index contributed by atoms with van der Waals surface area (Å²) in [5, 5.41) is 7.82. The SMILES string of the molecule is CC(=O)N1CCN(C(=O)C[C@H]2CCNC[C@@H]2Cc2cc(CN(C)Cc3ccccc3)on2)CC1. The number of amides is 2. The number of nitrogens with one attached hydrogen (secondary N) is 1. The molecular formula is C26H37N5O3. The summed E-state index contributed by atoms with van der Waals surface area (Å²) in [5.74, 6) is 1.86. The van der Waals surface area contributed by atoms with E-state index in [2.05, 4.69) is 52.8 Å². The first-order chi connectivity index (χ1) is 16.5. The first kappa shape index (κ1) is 24.4. The van der Waals surface area contributed by atoms with Gasteiger partial charge in [0.25, 0.3) is 0 Å². The fourth-order valence-electron chi connectivity index (χ4n) is 5.12. The Labute approximate surface area is 202 Å². The van der Waals surface area contributed by atoms with Crippen LogP contribution < -0.4 is 5.32 Å². The highest BCUT2D eigenvalue weighted by Gasteiger charge is 2.31. The van der Waals surface area contributed by atoms with Crippen molar-refractivity contribution in [3.63, 3.8) is 0 Å². The van der Waals surface area contributed by atoms with E-state index in [1.165, 1.54) is 5.56 Å². The Morgan fingerprint density at radius 2 is 1.82 bits per heavy atom. The van der Waals surface area contributed by atoms with Crippen molar-refractivity contribution in [2.75, 3.05) is 46.3 Å². The molecule has 1 aromatic heterocycles. The van der Waals surface area contributed by atoms with E-state index in [9.17, 15) is 9.59 Å². The number of piperidine rings is 1. The van der Waals surface area contributed by atoms with Crippen molar-refractivity contribution in [2.24, 2.45) is 11.8 Å². The average Bonchev–Trinajstić information content (AvgIpc) is 3.27. The summed E-state index contributed by atoms with van der Waals surface area (Å²) in [6, 6.07) is 12.5. The monoisotopic (exact) mass is 467 g/mol. The second-order valence-corrected chi connectivity index (χ2v) is 9.75. The van der Waals surface area contributed by atoms with Gasteiger partial charge in [-0.25, -0.2) is 0 Å². The topological polar surface area (TPSA) is 81.9 Å². The minimum atomic E-state index is 0.0868. The van der Waals surface area contributed by atoms with E-state index in [-0.39, 0.29) is 11.8 Å². The minimum absolute atomic E-state index is 0.0868. The van der Waals surface area contributed by atoms with Crippen molar-refractivity contribution in [3.8, 4) is 0 Å². The molecule has 2 aliphatic rings. The summed E-state index contributed by atoms with van der Waals surface area (Å²) in [4.78, 5) is 30.5. The van der Waals surface area contributed by atoms with Crippen LogP contribution in [0.25, 0.3) is 0 Å². The van der Waals surface area contributed by atoms with Gasteiger partial charge >= 0.3 is 0 Å². The van der Waals surface area contributed by atoms with Gasteiger partial charge < -0.3 is 19.6 Å². The molecule has 8 nitrogen and oxygen atoms in total. The summed E-state index contributed by atoms with van der Waals surface area (Å²) in [6.45, 7) is 7.54.